The van der Waals surface area contributed by atoms with Crippen LogP contribution in [0.5, 0.6) is 0 Å². The van der Waals surface area contributed by atoms with Crippen LogP contribution in [0.25, 0.3) is 21.9 Å². The predicted octanol–water partition coefficient (Wildman–Crippen LogP) is 4.24. The Hall–Kier alpha value is -3.81. The van der Waals surface area contributed by atoms with Gasteiger partial charge in [-0.3, -0.25) is 9.59 Å². The van der Waals surface area contributed by atoms with Gasteiger partial charge in [0.2, 0.25) is 4.96 Å². The number of fused-ring (bicyclic) bond motifs is 2. The zero-order valence-corrected chi connectivity index (χ0v) is 19.6. The number of anilines is 1. The Morgan fingerprint density at radius 3 is 2.38 bits per heavy atom. The highest BCUT2D eigenvalue weighted by Gasteiger charge is 2.34. The van der Waals surface area contributed by atoms with Gasteiger partial charge in [0.05, 0.1) is 17.8 Å². The van der Waals surface area contributed by atoms with E-state index in [4.69, 9.17) is 11.6 Å². The van der Waals surface area contributed by atoms with Crippen molar-refractivity contribution >= 4 is 45.1 Å². The van der Waals surface area contributed by atoms with Crippen molar-refractivity contribution < 1.29 is 4.79 Å². The number of rotatable bonds is 3. The zero-order valence-electron chi connectivity index (χ0n) is 18.0. The summed E-state index contributed by atoms with van der Waals surface area (Å²) in [5, 5.41) is 5.05. The molecule has 3 aromatic carbocycles. The van der Waals surface area contributed by atoms with Crippen LogP contribution in [-0.4, -0.2) is 20.5 Å². The Balaban J connectivity index is 1.51. The predicted molar refractivity (Wildman–Crippen MR) is 134 cm³/mol. The molecule has 166 valence electrons. The molecule has 0 radical (unpaired) electrons. The summed E-state index contributed by atoms with van der Waals surface area (Å²) in [5.74, 6) is 0.262. The number of hydrogen-bond donors (Lipinski definition) is 0. The lowest BCUT2D eigenvalue weighted by Gasteiger charge is -2.17. The number of carbonyl (C=O) groups excluding carboxylic acids is 1. The van der Waals surface area contributed by atoms with Gasteiger partial charge < -0.3 is 4.90 Å². The molecule has 0 unspecified atom stereocenters. The fourth-order valence-electron chi connectivity index (χ4n) is 4.28. The number of halogens is 1. The molecule has 3 heterocycles. The van der Waals surface area contributed by atoms with E-state index in [2.05, 4.69) is 10.1 Å². The maximum Gasteiger partial charge on any atom is 0.291 e. The first-order valence-corrected chi connectivity index (χ1v) is 11.9. The highest BCUT2D eigenvalue weighted by atomic mass is 35.5. The van der Waals surface area contributed by atoms with Gasteiger partial charge in [-0.25, -0.2) is 0 Å². The lowest BCUT2D eigenvalue weighted by Crippen LogP contribution is -2.32. The van der Waals surface area contributed by atoms with Crippen LogP contribution >= 0.6 is 22.9 Å². The van der Waals surface area contributed by atoms with Crippen LogP contribution in [0.3, 0.4) is 0 Å². The van der Waals surface area contributed by atoms with Gasteiger partial charge in [0, 0.05) is 16.1 Å². The van der Waals surface area contributed by atoms with Crippen molar-refractivity contribution in [3.63, 3.8) is 0 Å². The Morgan fingerprint density at radius 2 is 1.62 bits per heavy atom. The van der Waals surface area contributed by atoms with Crippen molar-refractivity contribution in [2.75, 3.05) is 4.90 Å². The van der Waals surface area contributed by atoms with Crippen molar-refractivity contribution in [3.05, 3.63) is 109 Å². The van der Waals surface area contributed by atoms with Crippen LogP contribution < -0.4 is 15.0 Å². The Morgan fingerprint density at radius 1 is 0.912 bits per heavy atom. The molecule has 1 aliphatic rings. The van der Waals surface area contributed by atoms with E-state index in [9.17, 15) is 9.59 Å². The molecule has 0 aliphatic carbocycles. The first-order chi connectivity index (χ1) is 16.5. The molecule has 0 N–H and O–H groups in total. The summed E-state index contributed by atoms with van der Waals surface area (Å²) in [6.07, 6.45) is 0. The maximum atomic E-state index is 13.6. The average Bonchev–Trinajstić information content (AvgIpc) is 3.47. The second-order valence-corrected chi connectivity index (χ2v) is 9.44. The van der Waals surface area contributed by atoms with E-state index in [-0.39, 0.29) is 11.5 Å². The van der Waals surface area contributed by atoms with Crippen LogP contribution in [0.4, 0.5) is 5.69 Å². The maximum absolute atomic E-state index is 13.6. The molecule has 0 saturated carbocycles. The first kappa shape index (κ1) is 20.8. The summed E-state index contributed by atoms with van der Waals surface area (Å²) in [6.45, 7) is 2.29. The molecule has 8 heteroatoms. The Kier molecular flexibility index (Phi) is 4.83. The number of benzene rings is 3. The minimum absolute atomic E-state index is 0.234. The number of hydrogen-bond acceptors (Lipinski definition) is 5. The normalized spacial score (nSPS) is 14.8. The number of para-hydroxylation sites is 1. The number of nitrogens with zero attached hydrogens (tertiary/aromatic N) is 4. The highest BCUT2D eigenvalue weighted by Crippen LogP contribution is 2.37. The number of aryl methyl sites for hydroxylation is 1. The molecule has 5 aromatic rings. The van der Waals surface area contributed by atoms with Gasteiger partial charge in [0.1, 0.15) is 4.53 Å². The Labute approximate surface area is 203 Å². The largest absolute Gasteiger partial charge is 0.303 e. The topological polar surface area (TPSA) is 67.6 Å². The van der Waals surface area contributed by atoms with E-state index in [1.807, 2.05) is 73.7 Å². The van der Waals surface area contributed by atoms with Crippen molar-refractivity contribution in [3.8, 4) is 11.4 Å². The van der Waals surface area contributed by atoms with Crippen LogP contribution in [0.15, 0.2) is 77.6 Å². The van der Waals surface area contributed by atoms with E-state index in [0.29, 0.717) is 32.5 Å². The molecule has 1 amide bonds. The van der Waals surface area contributed by atoms with Gasteiger partial charge in [-0.2, -0.15) is 9.50 Å². The molecule has 0 atom stereocenters. The van der Waals surface area contributed by atoms with Gasteiger partial charge in [0.25, 0.3) is 11.5 Å². The van der Waals surface area contributed by atoms with Crippen molar-refractivity contribution in [2.24, 2.45) is 0 Å². The molecule has 0 spiro atoms. The van der Waals surface area contributed by atoms with Crippen LogP contribution in [0.1, 0.15) is 16.7 Å². The van der Waals surface area contributed by atoms with Crippen LogP contribution in [-0.2, 0) is 11.3 Å². The monoisotopic (exact) mass is 484 g/mol. The molecule has 0 saturated heterocycles. The van der Waals surface area contributed by atoms with Gasteiger partial charge >= 0.3 is 0 Å². The van der Waals surface area contributed by atoms with Gasteiger partial charge in [-0.05, 0) is 30.2 Å². The lowest BCUT2D eigenvalue weighted by atomic mass is 10.1. The Bertz CT molecular complexity index is 1720. The van der Waals surface area contributed by atoms with Gasteiger partial charge in [-0.1, -0.05) is 83.6 Å². The fourth-order valence-corrected chi connectivity index (χ4v) is 5.47. The van der Waals surface area contributed by atoms with Crippen LogP contribution in [0, 0.1) is 6.92 Å². The van der Waals surface area contributed by atoms with E-state index < -0.39 is 0 Å². The average molecular weight is 485 g/mol. The SMILES string of the molecule is Cc1ccccc1-c1nc2sc(=C3C(=O)N(Cc4ccccc4Cl)c4ccccc43)c(=O)n2n1. The molecular formula is C26H17ClN4O2S. The minimum atomic E-state index is -0.343. The lowest BCUT2D eigenvalue weighted by molar-refractivity contribution is -0.113. The molecule has 0 fully saturated rings. The van der Waals surface area contributed by atoms with E-state index in [1.165, 1.54) is 15.9 Å². The summed E-state index contributed by atoms with van der Waals surface area (Å²) in [7, 11) is 0. The second-order valence-electron chi connectivity index (χ2n) is 8.06. The van der Waals surface area contributed by atoms with Gasteiger partial charge in [-0.15, -0.1) is 5.10 Å². The van der Waals surface area contributed by atoms with E-state index in [1.54, 1.807) is 11.0 Å². The summed E-state index contributed by atoms with van der Waals surface area (Å²) in [6, 6.07) is 22.7. The molecule has 6 rings (SSSR count). The quantitative estimate of drug-likeness (QED) is 0.384. The number of carbonyl (C=O) groups is 1. The summed E-state index contributed by atoms with van der Waals surface area (Å²) < 4.78 is 1.63. The molecule has 34 heavy (non-hydrogen) atoms. The zero-order chi connectivity index (χ0) is 23.4. The molecular weight excluding hydrogens is 468 g/mol. The fraction of sp³-hybridized carbons (Fsp3) is 0.0769. The number of aromatic nitrogens is 3. The standard InChI is InChI=1S/C26H17ClN4O2S/c1-15-8-2-4-10-17(15)23-28-26-31(29-23)25(33)22(34-26)21-18-11-5-7-13-20(18)30(24(21)32)14-16-9-3-6-12-19(16)27/h2-13H,14H2,1H3. The highest BCUT2D eigenvalue weighted by molar-refractivity contribution is 7.15. The summed E-state index contributed by atoms with van der Waals surface area (Å²) in [4.78, 5) is 33.7. The van der Waals surface area contributed by atoms with Crippen LogP contribution in [0.2, 0.25) is 5.02 Å². The third-order valence-corrected chi connectivity index (χ3v) is 7.38. The molecule has 2 aromatic heterocycles. The molecule has 1 aliphatic heterocycles. The van der Waals surface area contributed by atoms with Crippen molar-refractivity contribution in [1.82, 2.24) is 14.6 Å². The molecule has 0 bridgehead atoms. The van der Waals surface area contributed by atoms with Crippen molar-refractivity contribution in [2.45, 2.75) is 13.5 Å². The number of thiazole rings is 1. The summed E-state index contributed by atoms with van der Waals surface area (Å²) in [5.41, 5.74) is 4.24. The smallest absolute Gasteiger partial charge is 0.291 e. The van der Waals surface area contributed by atoms with Crippen molar-refractivity contribution in [1.29, 1.82) is 0 Å². The second kappa shape index (κ2) is 7.90. The third-order valence-electron chi connectivity index (χ3n) is 5.98. The summed E-state index contributed by atoms with van der Waals surface area (Å²) >= 11 is 7.55. The molecule has 6 nitrogen and oxygen atoms in total. The minimum Gasteiger partial charge on any atom is -0.303 e. The first-order valence-electron chi connectivity index (χ1n) is 10.7. The van der Waals surface area contributed by atoms with E-state index >= 15 is 0 Å². The van der Waals surface area contributed by atoms with Gasteiger partial charge in [0.15, 0.2) is 5.82 Å². The third kappa shape index (κ3) is 3.16. The van der Waals surface area contributed by atoms with E-state index in [0.717, 1.165) is 27.9 Å². The number of amides is 1.